The van der Waals surface area contributed by atoms with Crippen molar-refractivity contribution < 1.29 is 94.3 Å². The molecular formula is C53H69F2N15O18P2S2. The number of nitrogen functional groups attached to an aromatic ring is 1. The molecule has 0 radical (unpaired) electrons. The third-order valence-electron chi connectivity index (χ3n) is 14.8. The Kier molecular flexibility index (Phi) is 24.2. The van der Waals surface area contributed by atoms with Gasteiger partial charge in [0, 0.05) is 56.9 Å². The molecule has 1 aromatic carbocycles. The van der Waals surface area contributed by atoms with Gasteiger partial charge in [-0.1, -0.05) is 32.9 Å². The molecule has 39 heteroatoms. The summed E-state index contributed by atoms with van der Waals surface area (Å²) in [7, 11) is 0. The van der Waals surface area contributed by atoms with Crippen molar-refractivity contribution in [2.75, 3.05) is 43.9 Å². The van der Waals surface area contributed by atoms with Gasteiger partial charge in [0.05, 0.1) is 49.9 Å². The zero-order chi connectivity index (χ0) is 66.6. The minimum absolute atomic E-state index is 0.0160. The Hall–Kier alpha value is -7.28. The number of carboxylic acid groups (broad SMARTS) is 1. The number of amides is 6. The van der Waals surface area contributed by atoms with E-state index in [2.05, 4.69) is 56.5 Å². The zero-order valence-corrected chi connectivity index (χ0v) is 53.0. The summed E-state index contributed by atoms with van der Waals surface area (Å²) in [5.74, 6) is -5.67. The van der Waals surface area contributed by atoms with Crippen molar-refractivity contribution in [1.29, 1.82) is 0 Å². The fraction of sp³-hybridized carbons (Fsp3) is 0.547. The number of rotatable bonds is 27. The van der Waals surface area contributed by atoms with Crippen molar-refractivity contribution in [1.82, 2.24) is 60.3 Å². The van der Waals surface area contributed by atoms with E-state index in [1.807, 2.05) is 0 Å². The number of anilines is 2. The van der Waals surface area contributed by atoms with Crippen LogP contribution in [0.25, 0.3) is 22.3 Å². The SMILES string of the molecule is CC(CC(=O)NCCC(=O)N[C@H](C(=O)C[C@@H](CCCNC(N)=O)C(=O)Nc1ccc(COC(=O)NCCCC(=O)Cc2ncnc3c2ncn3[C@@H]2O[C@@H]3COP(O)(=S)O[C@H]4[C@@H](F)[C@H](n5cnc6c(N)ncnc65)O[C@@H]4COP(O)(=S)O[C@H]3[C@H]2F)cc1)C(C)C)C(=O)O. The number of alkyl carbamates (subject to hydrolysis) is 1. The normalized spacial score (nSPS) is 25.0. The number of ether oxygens (including phenoxy) is 3. The maximum absolute atomic E-state index is 16.7. The van der Waals surface area contributed by atoms with Crippen LogP contribution in [-0.4, -0.2) is 177 Å². The number of nitrogens with one attached hydrogen (secondary N) is 5. The molecule has 3 saturated heterocycles. The van der Waals surface area contributed by atoms with Crippen LogP contribution in [0.2, 0.25) is 0 Å². The van der Waals surface area contributed by atoms with Crippen molar-refractivity contribution in [2.45, 2.75) is 134 Å². The number of halogens is 2. The number of hydrogen-bond acceptors (Lipinski definition) is 24. The average molecular weight is 1370 g/mol. The third-order valence-corrected chi connectivity index (χ3v) is 18.0. The number of imidazole rings is 2. The van der Waals surface area contributed by atoms with E-state index in [1.54, 1.807) is 38.1 Å². The van der Waals surface area contributed by atoms with Crippen LogP contribution in [0.5, 0.6) is 0 Å². The van der Waals surface area contributed by atoms with Crippen LogP contribution in [-0.2, 0) is 97.7 Å². The van der Waals surface area contributed by atoms with Gasteiger partial charge in [-0.05, 0) is 66.5 Å². The lowest BCUT2D eigenvalue weighted by Crippen LogP contribution is -2.46. The highest BCUT2D eigenvalue weighted by molar-refractivity contribution is 8.07. The molecule has 8 rings (SSSR count). The number of ketones is 2. The van der Waals surface area contributed by atoms with E-state index in [0.29, 0.717) is 11.3 Å². The number of aliphatic carboxylic acids is 1. The molecule has 5 aromatic rings. The van der Waals surface area contributed by atoms with Crippen LogP contribution in [0.1, 0.15) is 89.4 Å². The molecule has 500 valence electrons. The van der Waals surface area contributed by atoms with Crippen molar-refractivity contribution >= 4 is 118 Å². The van der Waals surface area contributed by atoms with Crippen molar-refractivity contribution in [2.24, 2.45) is 23.5 Å². The third kappa shape index (κ3) is 18.7. The number of nitrogens with zero attached hydrogens (tertiary/aromatic N) is 8. The molecule has 92 heavy (non-hydrogen) atoms. The number of primary amides is 1. The number of carbonyl (C=O) groups is 8. The highest BCUT2D eigenvalue weighted by Crippen LogP contribution is 2.55. The zero-order valence-electron chi connectivity index (χ0n) is 49.6. The lowest BCUT2D eigenvalue weighted by molar-refractivity contribution is -0.143. The summed E-state index contributed by atoms with van der Waals surface area (Å²) >= 11 is 10.5. The molecule has 3 aliphatic rings. The van der Waals surface area contributed by atoms with Gasteiger partial charge in [-0.3, -0.25) is 46.9 Å². The van der Waals surface area contributed by atoms with Gasteiger partial charge in [-0.25, -0.2) is 48.3 Å². The van der Waals surface area contributed by atoms with E-state index in [1.165, 1.54) is 28.7 Å². The Labute approximate surface area is 533 Å². The molecule has 4 aromatic heterocycles. The van der Waals surface area contributed by atoms with E-state index in [4.69, 9.17) is 72.5 Å². The highest BCUT2D eigenvalue weighted by atomic mass is 32.5. The molecule has 3 aliphatic heterocycles. The first-order valence-electron chi connectivity index (χ1n) is 28.8. The van der Waals surface area contributed by atoms with Gasteiger partial charge in [-0.2, -0.15) is 0 Å². The molecule has 6 amide bonds. The van der Waals surface area contributed by atoms with Crippen molar-refractivity contribution in [3.8, 4) is 0 Å². The first kappa shape index (κ1) is 70.6. The number of urea groups is 1. The van der Waals surface area contributed by atoms with Gasteiger partial charge in [0.15, 0.2) is 47.7 Å². The molecular weight excluding hydrogens is 1300 g/mol. The second-order valence-corrected chi connectivity index (χ2v) is 27.6. The van der Waals surface area contributed by atoms with Crippen molar-refractivity contribution in [3.63, 3.8) is 0 Å². The largest absolute Gasteiger partial charge is 0.481 e. The first-order valence-corrected chi connectivity index (χ1v) is 34.0. The monoisotopic (exact) mass is 1370 g/mol. The number of benzene rings is 1. The predicted octanol–water partition coefficient (Wildman–Crippen LogP) is 2.51. The van der Waals surface area contributed by atoms with E-state index >= 15 is 8.78 Å². The fourth-order valence-electron chi connectivity index (χ4n) is 10.1. The maximum Gasteiger partial charge on any atom is 0.407 e. The van der Waals surface area contributed by atoms with Gasteiger partial charge < -0.3 is 76.2 Å². The second-order valence-electron chi connectivity index (χ2n) is 22.1. The number of nitrogens with two attached hydrogens (primary N) is 2. The number of aromatic nitrogens is 8. The topological polar surface area (TPSA) is 461 Å². The highest BCUT2D eigenvalue weighted by Gasteiger charge is 2.54. The van der Waals surface area contributed by atoms with Gasteiger partial charge in [-0.15, -0.1) is 0 Å². The summed E-state index contributed by atoms with van der Waals surface area (Å²) in [6.45, 7) is -5.48. The number of alkyl halides is 2. The van der Waals surface area contributed by atoms with E-state index < -0.39 is 135 Å². The Balaban J connectivity index is 0.785. The van der Waals surface area contributed by atoms with Gasteiger partial charge in [0.25, 0.3) is 0 Å². The van der Waals surface area contributed by atoms with Crippen LogP contribution < -0.4 is 38.1 Å². The predicted molar refractivity (Wildman–Crippen MR) is 324 cm³/mol. The van der Waals surface area contributed by atoms with Crippen molar-refractivity contribution in [3.05, 3.63) is 60.8 Å². The minimum atomic E-state index is -4.41. The van der Waals surface area contributed by atoms with E-state index in [0.717, 1.165) is 12.7 Å². The molecule has 33 nitrogen and oxygen atoms in total. The second kappa shape index (κ2) is 31.6. The lowest BCUT2D eigenvalue weighted by atomic mass is 9.89. The summed E-state index contributed by atoms with van der Waals surface area (Å²) in [6, 6.07) is 4.57. The summed E-state index contributed by atoms with van der Waals surface area (Å²) in [6.07, 6.45) is -10.00. The molecule has 7 heterocycles. The Morgan fingerprint density at radius 2 is 1.34 bits per heavy atom. The minimum Gasteiger partial charge on any atom is -0.481 e. The lowest BCUT2D eigenvalue weighted by Gasteiger charge is -2.29. The molecule has 0 saturated carbocycles. The molecule has 0 bridgehead atoms. The van der Waals surface area contributed by atoms with Gasteiger partial charge in [0.1, 0.15) is 60.5 Å². The number of hydrogen-bond donors (Lipinski definition) is 10. The van der Waals surface area contributed by atoms with Gasteiger partial charge >= 0.3 is 31.5 Å². The van der Waals surface area contributed by atoms with Crippen LogP contribution in [0.3, 0.4) is 0 Å². The van der Waals surface area contributed by atoms with Crippen LogP contribution >= 0.6 is 13.4 Å². The number of carbonyl (C=O) groups excluding carboxylic acids is 7. The van der Waals surface area contributed by atoms with Crippen LogP contribution in [0.4, 0.5) is 29.9 Å². The number of fused-ring (bicyclic) bond motifs is 4. The Bertz CT molecular complexity index is 3620. The summed E-state index contributed by atoms with van der Waals surface area (Å²) < 4.78 is 75.2. The summed E-state index contributed by atoms with van der Waals surface area (Å²) in [5, 5.41) is 22.0. The molecule has 0 spiro atoms. The summed E-state index contributed by atoms with van der Waals surface area (Å²) in [4.78, 5) is 148. The maximum atomic E-state index is 16.7. The number of carboxylic acids is 1. The number of Topliss-reactive ketones (excluding diaryl/α,β-unsaturated/α-hetero) is 2. The van der Waals surface area contributed by atoms with E-state index in [9.17, 15) is 48.1 Å². The van der Waals surface area contributed by atoms with Crippen LogP contribution in [0.15, 0.2) is 49.6 Å². The molecule has 0 aliphatic carbocycles. The molecule has 13 atom stereocenters. The summed E-state index contributed by atoms with van der Waals surface area (Å²) in [5.41, 5.74) is 12.6. The quantitative estimate of drug-likeness (QED) is 0.0267. The van der Waals surface area contributed by atoms with Crippen LogP contribution in [0, 0.1) is 17.8 Å². The standard InChI is InChI=1S/C53H69F2N15O18P2S2/c1-26(2)40(68-36(73)12-15-58-37(74)16-27(3)51(76)77)33(72)17-29(6-4-13-59-52(57)78)48(75)67-30-10-8-28(9-11-30)19-82-53(79)60-14-5-7-31(71)18-32-41-46(63-22-61-32)69(24-65-41)49-38(54)43-34(85-49)20-83-90(81,92)88-44-35(21-84-89(80,91)87-43)86-50(39(44)55)70-25-66-42-45(56)62-23-64-47(42)70/h8-11,22-27,29,34-35,38-40,43-44,49-50H,4-7,12-21H2,1-3H3,(H,58,74)(H,60,79)(H,67,75)(H,68,73)(H,76,77)(H,80,91)(H,81,92)(H2,56,62,64)(H3,57,59,78)/t27?,29-,34-,35-,38-,39-,40+,43-,44-,49-,50-,89?,90?/m1/s1. The van der Waals surface area contributed by atoms with E-state index in [-0.39, 0.29) is 123 Å². The average Bonchev–Trinajstić information content (AvgIpc) is 1.62. The Morgan fingerprint density at radius 3 is 1.93 bits per heavy atom. The van der Waals surface area contributed by atoms with Gasteiger partial charge in [0.2, 0.25) is 17.7 Å². The fourth-order valence-corrected chi connectivity index (χ4v) is 13.0. The smallest absolute Gasteiger partial charge is 0.407 e. The first-order chi connectivity index (χ1) is 43.7. The molecule has 12 N–H and O–H groups in total. The Morgan fingerprint density at radius 1 is 0.750 bits per heavy atom. The molecule has 3 fully saturated rings. The molecule has 3 unspecified atom stereocenters.